The van der Waals surface area contributed by atoms with Gasteiger partial charge < -0.3 is 10.5 Å². The number of hydrogen-bond acceptors (Lipinski definition) is 3. The number of esters is 1. The number of carbonyl (C=O) groups excluding carboxylic acids is 1. The molecule has 0 aromatic heterocycles. The SMILES string of the molecule is [C-]#[N+]c1cc(C(=O)OC)c(N)cc1Cl. The summed E-state index contributed by atoms with van der Waals surface area (Å²) in [7, 11) is 1.24. The van der Waals surface area contributed by atoms with Crippen molar-refractivity contribution < 1.29 is 9.53 Å². The molecule has 0 aliphatic heterocycles. The minimum Gasteiger partial charge on any atom is -0.465 e. The minimum atomic E-state index is -0.580. The highest BCUT2D eigenvalue weighted by atomic mass is 35.5. The maximum Gasteiger partial charge on any atom is 0.338 e. The van der Waals surface area contributed by atoms with Crippen LogP contribution in [0, 0.1) is 6.57 Å². The molecule has 0 bridgehead atoms. The molecule has 72 valence electrons. The van der Waals surface area contributed by atoms with Crippen molar-refractivity contribution in [2.24, 2.45) is 0 Å². The van der Waals surface area contributed by atoms with E-state index >= 15 is 0 Å². The molecule has 14 heavy (non-hydrogen) atoms. The molecule has 5 heteroatoms. The normalized spacial score (nSPS) is 9.21. The molecule has 0 aliphatic rings. The van der Waals surface area contributed by atoms with E-state index in [1.165, 1.54) is 19.2 Å². The third kappa shape index (κ3) is 1.78. The van der Waals surface area contributed by atoms with Crippen LogP contribution in [0.15, 0.2) is 12.1 Å². The van der Waals surface area contributed by atoms with Gasteiger partial charge in [0.1, 0.15) is 0 Å². The molecular formula is C9H7ClN2O2. The Balaban J connectivity index is 3.33. The number of ether oxygens (including phenoxy) is 1. The Hall–Kier alpha value is -1.73. The number of rotatable bonds is 1. The third-order valence-electron chi connectivity index (χ3n) is 1.64. The van der Waals surface area contributed by atoms with Gasteiger partial charge in [-0.05, 0) is 12.1 Å². The average Bonchev–Trinajstić information content (AvgIpc) is 2.17. The van der Waals surface area contributed by atoms with Crippen molar-refractivity contribution in [3.63, 3.8) is 0 Å². The van der Waals surface area contributed by atoms with Gasteiger partial charge in [0.25, 0.3) is 0 Å². The molecule has 2 N–H and O–H groups in total. The van der Waals surface area contributed by atoms with Gasteiger partial charge in [-0.25, -0.2) is 9.64 Å². The molecule has 0 fully saturated rings. The number of nitrogens with zero attached hydrogens (tertiary/aromatic N) is 1. The summed E-state index contributed by atoms with van der Waals surface area (Å²) in [6.45, 7) is 6.80. The molecule has 0 unspecified atom stereocenters. The van der Waals surface area contributed by atoms with Crippen molar-refractivity contribution in [2.45, 2.75) is 0 Å². The first-order valence-corrected chi connectivity index (χ1v) is 4.02. The Morgan fingerprint density at radius 2 is 2.29 bits per heavy atom. The van der Waals surface area contributed by atoms with Gasteiger partial charge in [0.2, 0.25) is 5.69 Å². The molecule has 0 amide bonds. The molecule has 4 nitrogen and oxygen atoms in total. The van der Waals surface area contributed by atoms with Crippen LogP contribution in [0.25, 0.3) is 4.85 Å². The molecule has 0 aliphatic carbocycles. The molecule has 0 saturated carbocycles. The van der Waals surface area contributed by atoms with E-state index in [-0.39, 0.29) is 22.0 Å². The average molecular weight is 211 g/mol. The van der Waals surface area contributed by atoms with Crippen LogP contribution in [-0.4, -0.2) is 13.1 Å². The number of carbonyl (C=O) groups is 1. The van der Waals surface area contributed by atoms with Crippen molar-refractivity contribution in [3.05, 3.63) is 34.1 Å². The lowest BCUT2D eigenvalue weighted by Gasteiger charge is -2.05. The summed E-state index contributed by atoms with van der Waals surface area (Å²) in [5, 5.41) is 0.227. The Morgan fingerprint density at radius 1 is 1.64 bits per heavy atom. The zero-order valence-electron chi connectivity index (χ0n) is 7.37. The van der Waals surface area contributed by atoms with Crippen LogP contribution in [0.5, 0.6) is 0 Å². The monoisotopic (exact) mass is 210 g/mol. The van der Waals surface area contributed by atoms with Crippen molar-refractivity contribution in [1.82, 2.24) is 0 Å². The zero-order chi connectivity index (χ0) is 10.7. The first-order chi connectivity index (χ1) is 6.60. The predicted molar refractivity (Wildman–Crippen MR) is 53.5 cm³/mol. The van der Waals surface area contributed by atoms with Gasteiger partial charge in [-0.2, -0.15) is 0 Å². The van der Waals surface area contributed by atoms with Crippen LogP contribution in [0.2, 0.25) is 5.02 Å². The fourth-order valence-electron chi connectivity index (χ4n) is 0.950. The lowest BCUT2D eigenvalue weighted by atomic mass is 10.1. The second-order valence-corrected chi connectivity index (χ2v) is 2.90. The van der Waals surface area contributed by atoms with Crippen molar-refractivity contribution in [2.75, 3.05) is 12.8 Å². The van der Waals surface area contributed by atoms with Gasteiger partial charge >= 0.3 is 5.97 Å². The van der Waals surface area contributed by atoms with Gasteiger partial charge in [-0.15, -0.1) is 0 Å². The van der Waals surface area contributed by atoms with E-state index in [2.05, 4.69) is 9.58 Å². The Kier molecular flexibility index (Phi) is 2.95. The van der Waals surface area contributed by atoms with Gasteiger partial charge in [0.15, 0.2) is 0 Å². The highest BCUT2D eigenvalue weighted by molar-refractivity contribution is 6.33. The summed E-state index contributed by atoms with van der Waals surface area (Å²) in [6, 6.07) is 2.68. The topological polar surface area (TPSA) is 56.7 Å². The highest BCUT2D eigenvalue weighted by Gasteiger charge is 2.13. The first kappa shape index (κ1) is 10.4. The number of methoxy groups -OCH3 is 1. The van der Waals surface area contributed by atoms with Crippen molar-refractivity contribution >= 4 is 28.9 Å². The van der Waals surface area contributed by atoms with E-state index < -0.39 is 5.97 Å². The van der Waals surface area contributed by atoms with Gasteiger partial charge in [-0.3, -0.25) is 0 Å². The van der Waals surface area contributed by atoms with Crippen LogP contribution < -0.4 is 5.73 Å². The first-order valence-electron chi connectivity index (χ1n) is 3.65. The fraction of sp³-hybridized carbons (Fsp3) is 0.111. The lowest BCUT2D eigenvalue weighted by Crippen LogP contribution is -2.05. The smallest absolute Gasteiger partial charge is 0.338 e. The summed E-state index contributed by atoms with van der Waals surface area (Å²) in [5.41, 5.74) is 6.07. The maximum absolute atomic E-state index is 11.2. The second-order valence-electron chi connectivity index (χ2n) is 2.49. The zero-order valence-corrected chi connectivity index (χ0v) is 8.13. The van der Waals surface area contributed by atoms with E-state index in [0.29, 0.717) is 0 Å². The predicted octanol–water partition coefficient (Wildman–Crippen LogP) is 2.26. The van der Waals surface area contributed by atoms with E-state index in [9.17, 15) is 4.79 Å². The van der Waals surface area contributed by atoms with Crippen LogP contribution in [0.4, 0.5) is 11.4 Å². The summed E-state index contributed by atoms with van der Waals surface area (Å²) in [6.07, 6.45) is 0. The Morgan fingerprint density at radius 3 is 2.79 bits per heavy atom. The quantitative estimate of drug-likeness (QED) is 0.440. The Labute approximate surface area is 86.0 Å². The third-order valence-corrected chi connectivity index (χ3v) is 1.95. The maximum atomic E-state index is 11.2. The molecule has 0 saturated heterocycles. The molecule has 0 spiro atoms. The summed E-state index contributed by atoms with van der Waals surface area (Å²) in [5.74, 6) is -0.580. The molecule has 0 heterocycles. The minimum absolute atomic E-state index is 0.155. The highest BCUT2D eigenvalue weighted by Crippen LogP contribution is 2.30. The van der Waals surface area contributed by atoms with Crippen LogP contribution >= 0.6 is 11.6 Å². The fourth-order valence-corrected chi connectivity index (χ4v) is 1.16. The molecule has 0 radical (unpaired) electrons. The second kappa shape index (κ2) is 3.99. The standard InChI is InChI=1S/C9H7ClN2O2/c1-12-8-3-5(9(13)14-2)7(11)4-6(8)10/h3-4H,11H2,2H3. The number of benzene rings is 1. The number of anilines is 1. The molecule has 0 atom stereocenters. The number of halogens is 1. The van der Waals surface area contributed by atoms with Crippen LogP contribution in [-0.2, 0) is 4.74 Å². The van der Waals surface area contributed by atoms with Crippen molar-refractivity contribution in [1.29, 1.82) is 0 Å². The molecule has 1 rings (SSSR count). The van der Waals surface area contributed by atoms with E-state index in [0.717, 1.165) is 0 Å². The summed E-state index contributed by atoms with van der Waals surface area (Å²) in [4.78, 5) is 14.3. The summed E-state index contributed by atoms with van der Waals surface area (Å²) >= 11 is 5.70. The van der Waals surface area contributed by atoms with Crippen LogP contribution in [0.1, 0.15) is 10.4 Å². The largest absolute Gasteiger partial charge is 0.465 e. The van der Waals surface area contributed by atoms with Gasteiger partial charge in [-0.1, -0.05) is 11.6 Å². The number of nitrogen functional groups attached to an aromatic ring is 1. The molecule has 1 aromatic rings. The Bertz CT molecular complexity index is 424. The van der Waals surface area contributed by atoms with Crippen LogP contribution in [0.3, 0.4) is 0 Å². The molecular weight excluding hydrogens is 204 g/mol. The van der Waals surface area contributed by atoms with E-state index in [1.807, 2.05) is 0 Å². The summed E-state index contributed by atoms with van der Waals surface area (Å²) < 4.78 is 4.49. The lowest BCUT2D eigenvalue weighted by molar-refractivity contribution is 0.0602. The van der Waals surface area contributed by atoms with Gasteiger partial charge in [0.05, 0.1) is 19.2 Å². The van der Waals surface area contributed by atoms with E-state index in [1.54, 1.807) is 0 Å². The van der Waals surface area contributed by atoms with Gasteiger partial charge in [0, 0.05) is 10.7 Å². The number of nitrogens with two attached hydrogens (primary N) is 1. The van der Waals surface area contributed by atoms with Crippen molar-refractivity contribution in [3.8, 4) is 0 Å². The number of hydrogen-bond donors (Lipinski definition) is 1. The van der Waals surface area contributed by atoms with E-state index in [4.69, 9.17) is 23.9 Å². The molecule has 1 aromatic carbocycles.